The third-order valence-electron chi connectivity index (χ3n) is 5.24. The molecule has 3 rings (SSSR count). The summed E-state index contributed by atoms with van der Waals surface area (Å²) in [6, 6.07) is 4.66. The van der Waals surface area contributed by atoms with Gasteiger partial charge in [0.15, 0.2) is 0 Å². The number of carboxylic acids is 1. The Labute approximate surface area is 159 Å². The molecule has 1 atom stereocenters. The highest BCUT2D eigenvalue weighted by Gasteiger charge is 2.32. The highest BCUT2D eigenvalue weighted by molar-refractivity contribution is 5.99. The number of aryl methyl sites for hydroxylation is 1. The van der Waals surface area contributed by atoms with Crippen LogP contribution in [0.3, 0.4) is 0 Å². The topological polar surface area (TPSA) is 80.6 Å². The Morgan fingerprint density at radius 2 is 1.96 bits per heavy atom. The Bertz CT molecular complexity index is 885. The predicted molar refractivity (Wildman–Crippen MR) is 94.9 cm³/mol. The number of amides is 1. The SMILES string of the molecule is Cn1c(C(=O)NCC(C(=O)O)C2CCOCC2)cc2cc(C(F)(F)F)ccc21. The third-order valence-corrected chi connectivity index (χ3v) is 5.24. The Morgan fingerprint density at radius 1 is 1.29 bits per heavy atom. The normalized spacial score (nSPS) is 16.9. The van der Waals surface area contributed by atoms with Crippen LogP contribution in [0.2, 0.25) is 0 Å². The van der Waals surface area contributed by atoms with E-state index in [0.29, 0.717) is 37.0 Å². The lowest BCUT2D eigenvalue weighted by Gasteiger charge is -2.27. The molecule has 0 aliphatic carbocycles. The number of aliphatic carboxylic acids is 1. The lowest BCUT2D eigenvalue weighted by Crippen LogP contribution is -2.39. The molecule has 28 heavy (non-hydrogen) atoms. The molecule has 0 bridgehead atoms. The number of halogens is 3. The van der Waals surface area contributed by atoms with Gasteiger partial charge in [0.1, 0.15) is 5.69 Å². The monoisotopic (exact) mass is 398 g/mol. The van der Waals surface area contributed by atoms with Crippen LogP contribution in [0.4, 0.5) is 13.2 Å². The lowest BCUT2D eigenvalue weighted by atomic mass is 9.86. The molecule has 6 nitrogen and oxygen atoms in total. The summed E-state index contributed by atoms with van der Waals surface area (Å²) in [7, 11) is 1.58. The molecule has 1 amide bonds. The standard InChI is InChI=1S/C19H21F3N2O4/c1-24-15-3-2-13(19(20,21)22)8-12(15)9-16(24)17(25)23-10-14(18(26)27)11-4-6-28-7-5-11/h2-3,8-9,11,14H,4-7,10H2,1H3,(H,23,25)(H,26,27). The van der Waals surface area contributed by atoms with Crippen LogP contribution in [-0.4, -0.2) is 41.3 Å². The number of ether oxygens (including phenoxy) is 1. The van der Waals surface area contributed by atoms with Gasteiger partial charge < -0.3 is 19.7 Å². The molecule has 1 aliphatic rings. The van der Waals surface area contributed by atoms with E-state index in [0.717, 1.165) is 12.1 Å². The number of benzene rings is 1. The predicted octanol–water partition coefficient (Wildman–Crippen LogP) is 3.05. The summed E-state index contributed by atoms with van der Waals surface area (Å²) in [6.07, 6.45) is -3.24. The van der Waals surface area contributed by atoms with Gasteiger partial charge in [-0.2, -0.15) is 13.2 Å². The van der Waals surface area contributed by atoms with Gasteiger partial charge in [0.2, 0.25) is 0 Å². The molecule has 1 unspecified atom stereocenters. The number of hydrogen-bond donors (Lipinski definition) is 2. The van der Waals surface area contributed by atoms with E-state index in [1.807, 2.05) is 0 Å². The number of carboxylic acid groups (broad SMARTS) is 1. The van der Waals surface area contributed by atoms with Crippen molar-refractivity contribution in [1.29, 1.82) is 0 Å². The van der Waals surface area contributed by atoms with E-state index in [9.17, 15) is 27.9 Å². The molecule has 1 saturated heterocycles. The highest BCUT2D eigenvalue weighted by atomic mass is 19.4. The smallest absolute Gasteiger partial charge is 0.416 e. The first-order chi connectivity index (χ1) is 13.2. The van der Waals surface area contributed by atoms with E-state index in [-0.39, 0.29) is 18.2 Å². The first kappa shape index (κ1) is 20.2. The summed E-state index contributed by atoms with van der Waals surface area (Å²) in [5.41, 5.74) is -0.133. The Kier molecular flexibility index (Phi) is 5.64. The zero-order valence-corrected chi connectivity index (χ0v) is 15.3. The van der Waals surface area contributed by atoms with Gasteiger partial charge in [-0.3, -0.25) is 9.59 Å². The molecular formula is C19H21F3N2O4. The van der Waals surface area contributed by atoms with Crippen molar-refractivity contribution in [2.24, 2.45) is 18.9 Å². The molecule has 152 valence electrons. The van der Waals surface area contributed by atoms with E-state index in [1.54, 1.807) is 7.05 Å². The maximum absolute atomic E-state index is 12.9. The summed E-state index contributed by atoms with van der Waals surface area (Å²) >= 11 is 0. The molecule has 0 radical (unpaired) electrons. The molecular weight excluding hydrogens is 377 g/mol. The minimum absolute atomic E-state index is 0.0475. The van der Waals surface area contributed by atoms with Crippen LogP contribution in [0.25, 0.3) is 10.9 Å². The van der Waals surface area contributed by atoms with Gasteiger partial charge in [0.25, 0.3) is 5.91 Å². The van der Waals surface area contributed by atoms with E-state index < -0.39 is 29.5 Å². The van der Waals surface area contributed by atoms with Crippen LogP contribution in [0.15, 0.2) is 24.3 Å². The van der Waals surface area contributed by atoms with Crippen LogP contribution in [-0.2, 0) is 22.8 Å². The molecule has 2 N–H and O–H groups in total. The van der Waals surface area contributed by atoms with Crippen LogP contribution < -0.4 is 5.32 Å². The van der Waals surface area contributed by atoms with Crippen LogP contribution in [0.1, 0.15) is 28.9 Å². The number of alkyl halides is 3. The fourth-order valence-electron chi connectivity index (χ4n) is 3.61. The minimum atomic E-state index is -4.47. The van der Waals surface area contributed by atoms with Crippen molar-refractivity contribution in [3.05, 3.63) is 35.5 Å². The Balaban J connectivity index is 1.77. The number of aromatic nitrogens is 1. The maximum atomic E-state index is 12.9. The van der Waals surface area contributed by atoms with Gasteiger partial charge in [-0.05, 0) is 43.0 Å². The first-order valence-electron chi connectivity index (χ1n) is 8.94. The average molecular weight is 398 g/mol. The largest absolute Gasteiger partial charge is 0.481 e. The second-order valence-corrected chi connectivity index (χ2v) is 6.96. The molecule has 0 spiro atoms. The highest BCUT2D eigenvalue weighted by Crippen LogP contribution is 2.32. The molecule has 2 aromatic rings. The Hall–Kier alpha value is -2.55. The summed E-state index contributed by atoms with van der Waals surface area (Å²) in [6.45, 7) is 0.939. The van der Waals surface area contributed by atoms with E-state index in [4.69, 9.17) is 4.74 Å². The zero-order chi connectivity index (χ0) is 20.5. The van der Waals surface area contributed by atoms with Crippen molar-refractivity contribution < 1.29 is 32.6 Å². The summed E-state index contributed by atoms with van der Waals surface area (Å²) < 4.78 is 45.4. The Morgan fingerprint density at radius 3 is 2.57 bits per heavy atom. The molecule has 1 aromatic carbocycles. The van der Waals surface area contributed by atoms with Crippen LogP contribution in [0.5, 0.6) is 0 Å². The van der Waals surface area contributed by atoms with Gasteiger partial charge in [-0.15, -0.1) is 0 Å². The molecule has 1 aliphatic heterocycles. The van der Waals surface area contributed by atoms with Crippen molar-refractivity contribution in [2.45, 2.75) is 19.0 Å². The molecule has 1 aromatic heterocycles. The lowest BCUT2D eigenvalue weighted by molar-refractivity contribution is -0.144. The van der Waals surface area contributed by atoms with Crippen molar-refractivity contribution in [3.63, 3.8) is 0 Å². The number of carbonyl (C=O) groups is 2. The second kappa shape index (κ2) is 7.83. The number of nitrogens with one attached hydrogen (secondary N) is 1. The van der Waals surface area contributed by atoms with Crippen LogP contribution >= 0.6 is 0 Å². The fourth-order valence-corrected chi connectivity index (χ4v) is 3.61. The van der Waals surface area contributed by atoms with Gasteiger partial charge >= 0.3 is 12.1 Å². The molecule has 1 fully saturated rings. The third kappa shape index (κ3) is 4.14. The van der Waals surface area contributed by atoms with Crippen molar-refractivity contribution >= 4 is 22.8 Å². The number of rotatable bonds is 5. The van der Waals surface area contributed by atoms with Gasteiger partial charge in [-0.25, -0.2) is 0 Å². The van der Waals surface area contributed by atoms with Crippen molar-refractivity contribution in [3.8, 4) is 0 Å². The van der Waals surface area contributed by atoms with E-state index in [1.165, 1.54) is 16.7 Å². The van der Waals surface area contributed by atoms with E-state index >= 15 is 0 Å². The van der Waals surface area contributed by atoms with Gasteiger partial charge in [-0.1, -0.05) is 0 Å². The molecule has 9 heteroatoms. The molecule has 0 saturated carbocycles. The molecule has 2 heterocycles. The number of fused-ring (bicyclic) bond motifs is 1. The second-order valence-electron chi connectivity index (χ2n) is 6.96. The fraction of sp³-hybridized carbons (Fsp3) is 0.474. The van der Waals surface area contributed by atoms with Crippen molar-refractivity contribution in [1.82, 2.24) is 9.88 Å². The zero-order valence-electron chi connectivity index (χ0n) is 15.3. The van der Waals surface area contributed by atoms with E-state index in [2.05, 4.69) is 5.32 Å². The quantitative estimate of drug-likeness (QED) is 0.811. The van der Waals surface area contributed by atoms with Crippen LogP contribution in [0, 0.1) is 11.8 Å². The number of hydrogen-bond acceptors (Lipinski definition) is 3. The summed E-state index contributed by atoms with van der Waals surface area (Å²) in [4.78, 5) is 24.1. The summed E-state index contributed by atoms with van der Waals surface area (Å²) in [5, 5.41) is 12.4. The van der Waals surface area contributed by atoms with Gasteiger partial charge in [0, 0.05) is 37.7 Å². The first-order valence-corrected chi connectivity index (χ1v) is 8.94. The number of carbonyl (C=O) groups excluding carboxylic acids is 1. The van der Waals surface area contributed by atoms with Gasteiger partial charge in [0.05, 0.1) is 11.5 Å². The minimum Gasteiger partial charge on any atom is -0.481 e. The average Bonchev–Trinajstić information content (AvgIpc) is 2.98. The van der Waals surface area contributed by atoms with Crippen molar-refractivity contribution in [2.75, 3.05) is 19.8 Å². The summed E-state index contributed by atoms with van der Waals surface area (Å²) in [5.74, 6) is -2.34. The number of nitrogens with zero attached hydrogens (tertiary/aromatic N) is 1. The maximum Gasteiger partial charge on any atom is 0.416 e.